The smallest absolute Gasteiger partial charge is 0.166 e. The maximum absolute atomic E-state index is 13.9. The lowest BCUT2D eigenvalue weighted by molar-refractivity contribution is -0.134. The Hall–Kier alpha value is -0.740. The highest BCUT2D eigenvalue weighted by molar-refractivity contribution is 9.10. The molecule has 116 valence electrons. The van der Waals surface area contributed by atoms with Crippen molar-refractivity contribution < 1.29 is 13.9 Å². The molecular weight excluding hydrogens is 335 g/mol. The van der Waals surface area contributed by atoms with Gasteiger partial charge in [-0.3, -0.25) is 4.79 Å². The first-order valence-corrected chi connectivity index (χ1v) is 8.49. The molecule has 2 nitrogen and oxygen atoms in total. The third-order valence-corrected chi connectivity index (χ3v) is 4.61. The highest BCUT2D eigenvalue weighted by Gasteiger charge is 2.30. The van der Waals surface area contributed by atoms with Gasteiger partial charge in [0.25, 0.3) is 0 Å². The van der Waals surface area contributed by atoms with Crippen molar-refractivity contribution in [3.63, 3.8) is 0 Å². The topological polar surface area (TPSA) is 26.3 Å². The third-order valence-electron chi connectivity index (χ3n) is 4.12. The van der Waals surface area contributed by atoms with Gasteiger partial charge < -0.3 is 4.74 Å². The second-order valence-electron chi connectivity index (χ2n) is 5.65. The van der Waals surface area contributed by atoms with E-state index in [0.717, 1.165) is 25.7 Å². The summed E-state index contributed by atoms with van der Waals surface area (Å²) in [5.41, 5.74) is 0.448. The van der Waals surface area contributed by atoms with Crippen LogP contribution in [0.2, 0.25) is 0 Å². The minimum atomic E-state index is -0.377. The number of ether oxygens (including phenoxy) is 1. The van der Waals surface area contributed by atoms with Crippen LogP contribution in [-0.4, -0.2) is 18.5 Å². The van der Waals surface area contributed by atoms with Crippen LogP contribution in [-0.2, 0) is 16.0 Å². The number of ketones is 1. The average Bonchev–Trinajstić information content (AvgIpc) is 2.48. The number of hydrogen-bond donors (Lipinski definition) is 0. The Kier molecular flexibility index (Phi) is 6.37. The predicted octanol–water partition coefficient (Wildman–Crippen LogP) is 4.69. The molecule has 1 atom stereocenters. The molecular formula is C17H22BrFO2. The lowest BCUT2D eigenvalue weighted by Crippen LogP contribution is -2.35. The summed E-state index contributed by atoms with van der Waals surface area (Å²) in [5, 5.41) is 0. The Balaban J connectivity index is 2.07. The zero-order chi connectivity index (χ0) is 15.2. The van der Waals surface area contributed by atoms with Gasteiger partial charge in [-0.2, -0.15) is 0 Å². The van der Waals surface area contributed by atoms with Crippen molar-refractivity contribution in [2.45, 2.75) is 51.6 Å². The highest BCUT2D eigenvalue weighted by Crippen LogP contribution is 2.29. The van der Waals surface area contributed by atoms with E-state index in [4.69, 9.17) is 4.74 Å². The first kappa shape index (κ1) is 16.6. The fraction of sp³-hybridized carbons (Fsp3) is 0.588. The predicted molar refractivity (Wildman–Crippen MR) is 84.8 cm³/mol. The van der Waals surface area contributed by atoms with Crippen LogP contribution in [0.25, 0.3) is 0 Å². The minimum Gasteiger partial charge on any atom is -0.370 e. The molecule has 21 heavy (non-hydrogen) atoms. The summed E-state index contributed by atoms with van der Waals surface area (Å²) in [6, 6.07) is 4.84. The fourth-order valence-corrected chi connectivity index (χ4v) is 3.39. The van der Waals surface area contributed by atoms with E-state index in [-0.39, 0.29) is 24.1 Å². The van der Waals surface area contributed by atoms with Gasteiger partial charge in [0.05, 0.1) is 0 Å². The van der Waals surface area contributed by atoms with Gasteiger partial charge in [0.2, 0.25) is 0 Å². The van der Waals surface area contributed by atoms with Gasteiger partial charge in [-0.1, -0.05) is 41.3 Å². The van der Waals surface area contributed by atoms with E-state index in [9.17, 15) is 9.18 Å². The molecule has 0 N–H and O–H groups in total. The molecule has 1 aliphatic carbocycles. The molecule has 2 rings (SSSR count). The molecule has 1 aliphatic rings. The largest absolute Gasteiger partial charge is 0.370 e. The lowest BCUT2D eigenvalue weighted by atomic mass is 9.82. The second kappa shape index (κ2) is 8.04. The first-order chi connectivity index (χ1) is 10.1. The average molecular weight is 357 g/mol. The molecule has 0 aromatic heterocycles. The number of benzene rings is 1. The maximum atomic E-state index is 13.9. The summed E-state index contributed by atoms with van der Waals surface area (Å²) in [6.45, 7) is 2.43. The van der Waals surface area contributed by atoms with Gasteiger partial charge in [-0.15, -0.1) is 0 Å². The van der Waals surface area contributed by atoms with E-state index in [2.05, 4.69) is 15.9 Å². The maximum Gasteiger partial charge on any atom is 0.166 e. The zero-order valence-electron chi connectivity index (χ0n) is 12.4. The van der Waals surface area contributed by atoms with E-state index in [0.29, 0.717) is 22.6 Å². The third kappa shape index (κ3) is 4.62. The van der Waals surface area contributed by atoms with Gasteiger partial charge in [-0.25, -0.2) is 4.39 Å². The molecule has 1 aromatic rings. The molecule has 1 aromatic carbocycles. The van der Waals surface area contributed by atoms with E-state index in [1.165, 1.54) is 12.5 Å². The molecule has 0 aliphatic heterocycles. The van der Waals surface area contributed by atoms with Crippen LogP contribution in [0.15, 0.2) is 22.7 Å². The summed E-state index contributed by atoms with van der Waals surface area (Å²) in [5.74, 6) is -0.0358. The second-order valence-corrected chi connectivity index (χ2v) is 6.57. The van der Waals surface area contributed by atoms with Crippen molar-refractivity contribution in [3.05, 3.63) is 34.1 Å². The monoisotopic (exact) mass is 356 g/mol. The summed E-state index contributed by atoms with van der Waals surface area (Å²) in [6.07, 6.45) is 5.38. The zero-order valence-corrected chi connectivity index (χ0v) is 14.0. The van der Waals surface area contributed by atoms with Gasteiger partial charge in [-0.05, 0) is 43.4 Å². The number of rotatable bonds is 6. The molecule has 4 heteroatoms. The van der Waals surface area contributed by atoms with Crippen molar-refractivity contribution in [2.75, 3.05) is 6.61 Å². The van der Waals surface area contributed by atoms with Crippen molar-refractivity contribution >= 4 is 21.7 Å². The van der Waals surface area contributed by atoms with Gasteiger partial charge >= 0.3 is 0 Å². The quantitative estimate of drug-likeness (QED) is 0.739. The van der Waals surface area contributed by atoms with Crippen LogP contribution in [0.1, 0.15) is 44.6 Å². The summed E-state index contributed by atoms with van der Waals surface area (Å²) >= 11 is 3.23. The normalized spacial score (nSPS) is 17.7. The van der Waals surface area contributed by atoms with Crippen molar-refractivity contribution in [1.29, 1.82) is 0 Å². The first-order valence-electron chi connectivity index (χ1n) is 7.70. The van der Waals surface area contributed by atoms with Gasteiger partial charge in [0.1, 0.15) is 11.9 Å². The van der Waals surface area contributed by atoms with Gasteiger partial charge in [0, 0.05) is 17.5 Å². The Morgan fingerprint density at radius 3 is 2.71 bits per heavy atom. The fourth-order valence-electron chi connectivity index (χ4n) is 3.06. The standard InChI is InChI=1S/C17H22BrFO2/c1-2-21-17(12-6-4-3-5-7-12)16(20)10-13-8-9-14(18)11-15(13)19/h8-9,11-12,17H,2-7,10H2,1H3. The minimum absolute atomic E-state index is 0.00460. The van der Waals surface area contributed by atoms with Crippen molar-refractivity contribution in [2.24, 2.45) is 5.92 Å². The summed E-state index contributed by atoms with van der Waals surface area (Å²) < 4.78 is 20.3. The van der Waals surface area contributed by atoms with Crippen LogP contribution in [0, 0.1) is 11.7 Å². The Morgan fingerprint density at radius 2 is 2.10 bits per heavy atom. The van der Waals surface area contributed by atoms with Crippen LogP contribution in [0.5, 0.6) is 0 Å². The van der Waals surface area contributed by atoms with E-state index >= 15 is 0 Å². The molecule has 0 spiro atoms. The number of carbonyl (C=O) groups excluding carboxylic acids is 1. The van der Waals surface area contributed by atoms with Crippen LogP contribution >= 0.6 is 15.9 Å². The van der Waals surface area contributed by atoms with Crippen molar-refractivity contribution in [1.82, 2.24) is 0 Å². The van der Waals surface area contributed by atoms with Crippen LogP contribution in [0.4, 0.5) is 4.39 Å². The molecule has 0 radical (unpaired) electrons. The van der Waals surface area contributed by atoms with Crippen LogP contribution in [0.3, 0.4) is 0 Å². The number of hydrogen-bond acceptors (Lipinski definition) is 2. The SMILES string of the molecule is CCOC(C(=O)Cc1ccc(Br)cc1F)C1CCCCC1. The summed E-state index contributed by atoms with van der Waals surface area (Å²) in [4.78, 5) is 12.5. The molecule has 0 saturated heterocycles. The van der Waals surface area contributed by atoms with E-state index in [1.54, 1.807) is 12.1 Å². The Bertz CT molecular complexity index is 484. The van der Waals surface area contributed by atoms with E-state index < -0.39 is 0 Å². The van der Waals surface area contributed by atoms with E-state index in [1.807, 2.05) is 6.92 Å². The molecule has 1 unspecified atom stereocenters. The Labute approximate surface area is 134 Å². The van der Waals surface area contributed by atoms with Crippen LogP contribution < -0.4 is 0 Å². The summed E-state index contributed by atoms with van der Waals surface area (Å²) in [7, 11) is 0. The number of carbonyl (C=O) groups is 1. The number of Topliss-reactive ketones (excluding diaryl/α,β-unsaturated/α-hetero) is 1. The highest BCUT2D eigenvalue weighted by atomic mass is 79.9. The molecule has 0 amide bonds. The molecule has 0 bridgehead atoms. The van der Waals surface area contributed by atoms with Gasteiger partial charge in [0.15, 0.2) is 5.78 Å². The molecule has 1 fully saturated rings. The van der Waals surface area contributed by atoms with Crippen molar-refractivity contribution in [3.8, 4) is 0 Å². The molecule has 1 saturated carbocycles. The Morgan fingerprint density at radius 1 is 1.38 bits per heavy atom. The lowest BCUT2D eigenvalue weighted by Gasteiger charge is -2.29. The number of halogens is 2. The molecule has 0 heterocycles.